The first kappa shape index (κ1) is 22.5. The van der Waals surface area contributed by atoms with Gasteiger partial charge in [0.1, 0.15) is 21.6 Å². The van der Waals surface area contributed by atoms with Crippen molar-refractivity contribution >= 4 is 37.4 Å². The summed E-state index contributed by atoms with van der Waals surface area (Å²) in [5.41, 5.74) is -0.366. The predicted molar refractivity (Wildman–Crippen MR) is 112 cm³/mol. The van der Waals surface area contributed by atoms with Crippen molar-refractivity contribution < 1.29 is 26.3 Å². The van der Waals surface area contributed by atoms with Gasteiger partial charge in [-0.05, 0) is 31.5 Å². The first-order chi connectivity index (χ1) is 15.8. The van der Waals surface area contributed by atoms with E-state index in [1.807, 2.05) is 0 Å². The molecule has 5 rings (SSSR count). The van der Waals surface area contributed by atoms with Crippen molar-refractivity contribution in [2.75, 3.05) is 0 Å². The van der Waals surface area contributed by atoms with Crippen LogP contribution in [0.15, 0.2) is 18.5 Å². The first-order valence-electron chi connectivity index (χ1n) is 9.97. The molecule has 1 unspecified atom stereocenters. The number of aromatic nitrogens is 7. The van der Waals surface area contributed by atoms with Crippen molar-refractivity contribution in [3.8, 4) is 0 Å². The number of halogens is 6. The number of aryl methyl sites for hydroxylation is 2. The molecule has 7 nitrogen and oxygen atoms in total. The highest BCUT2D eigenvalue weighted by molar-refractivity contribution is 7.26. The second kappa shape index (κ2) is 7.35. The van der Waals surface area contributed by atoms with Crippen LogP contribution in [0, 0.1) is 13.8 Å². The number of rotatable bonds is 3. The molecular weight excluding hydrogens is 484 g/mol. The first-order valence-corrected chi connectivity index (χ1v) is 10.8. The molecule has 0 saturated heterocycles. The van der Waals surface area contributed by atoms with Gasteiger partial charge in [0.2, 0.25) is 0 Å². The van der Waals surface area contributed by atoms with Crippen molar-refractivity contribution in [2.24, 2.45) is 0 Å². The van der Waals surface area contributed by atoms with Gasteiger partial charge < -0.3 is 0 Å². The van der Waals surface area contributed by atoms with Gasteiger partial charge >= 0.3 is 12.4 Å². The number of nitrogens with zero attached hydrogens (tertiary/aromatic N) is 7. The monoisotopic (exact) mass is 499 g/mol. The fourth-order valence-electron chi connectivity index (χ4n) is 3.75. The van der Waals surface area contributed by atoms with E-state index in [1.165, 1.54) is 22.4 Å². The number of hydrogen-bond acceptors (Lipinski definition) is 6. The zero-order valence-corrected chi connectivity index (χ0v) is 18.6. The van der Waals surface area contributed by atoms with E-state index in [2.05, 4.69) is 25.1 Å². The summed E-state index contributed by atoms with van der Waals surface area (Å²) in [5.74, 6) is -0.0587. The van der Waals surface area contributed by atoms with Crippen LogP contribution < -0.4 is 0 Å². The molecule has 0 spiro atoms. The maximum atomic E-state index is 13.2. The maximum Gasteiger partial charge on any atom is 0.435 e. The van der Waals surface area contributed by atoms with Crippen molar-refractivity contribution in [3.05, 3.63) is 46.9 Å². The Labute approximate surface area is 191 Å². The molecular formula is C20H15F6N7S. The quantitative estimate of drug-likeness (QED) is 0.305. The number of fused-ring (bicyclic) bond motifs is 5. The second-order valence-electron chi connectivity index (χ2n) is 8.02. The molecule has 0 radical (unpaired) electrons. The molecule has 178 valence electrons. The average Bonchev–Trinajstić information content (AvgIpc) is 3.41. The average molecular weight is 499 g/mol. The Morgan fingerprint density at radius 3 is 2.32 bits per heavy atom. The van der Waals surface area contributed by atoms with E-state index in [4.69, 9.17) is 0 Å². The summed E-state index contributed by atoms with van der Waals surface area (Å²) in [4.78, 5) is 12.8. The standard InChI is InChI=1S/C20H15F6N7S/c1-8-4-11(19(21,22)23)28-18-13(8)14-15(34-18)17-29-16(31-33(17)7-27-14)9(2)6-32-10(3)5-12(30-32)20(24,25)26/h4-5,7,9H,6H2,1-3H3. The Balaban J connectivity index is 1.57. The summed E-state index contributed by atoms with van der Waals surface area (Å²) < 4.78 is 81.7. The third-order valence-electron chi connectivity index (χ3n) is 5.43. The fraction of sp³-hybridized carbons (Fsp3) is 0.350. The van der Waals surface area contributed by atoms with Crippen LogP contribution in [0.2, 0.25) is 0 Å². The lowest BCUT2D eigenvalue weighted by Crippen LogP contribution is -2.12. The van der Waals surface area contributed by atoms with Crippen molar-refractivity contribution in [2.45, 2.75) is 45.6 Å². The van der Waals surface area contributed by atoms with Gasteiger partial charge in [-0.25, -0.2) is 19.5 Å². The lowest BCUT2D eigenvalue weighted by molar-refractivity contribution is -0.142. The zero-order chi connectivity index (χ0) is 24.6. The van der Waals surface area contributed by atoms with Crippen LogP contribution in [0.3, 0.4) is 0 Å². The van der Waals surface area contributed by atoms with Crippen LogP contribution in [0.5, 0.6) is 0 Å². The topological polar surface area (TPSA) is 73.8 Å². The van der Waals surface area contributed by atoms with Crippen molar-refractivity contribution in [1.29, 1.82) is 0 Å². The van der Waals surface area contributed by atoms with Gasteiger partial charge in [-0.15, -0.1) is 16.4 Å². The molecule has 0 bridgehead atoms. The highest BCUT2D eigenvalue weighted by Gasteiger charge is 2.35. The number of thiophene rings is 1. The largest absolute Gasteiger partial charge is 0.435 e. The van der Waals surface area contributed by atoms with Gasteiger partial charge in [-0.2, -0.15) is 31.4 Å². The molecule has 0 saturated carbocycles. The molecule has 0 aliphatic carbocycles. The summed E-state index contributed by atoms with van der Waals surface area (Å²) >= 11 is 1.03. The summed E-state index contributed by atoms with van der Waals surface area (Å²) in [5, 5.41) is 8.53. The maximum absolute atomic E-state index is 13.2. The van der Waals surface area contributed by atoms with E-state index < -0.39 is 29.7 Å². The summed E-state index contributed by atoms with van der Waals surface area (Å²) in [6, 6.07) is 1.96. The summed E-state index contributed by atoms with van der Waals surface area (Å²) in [6.07, 6.45) is -7.71. The molecule has 0 aromatic carbocycles. The molecule has 5 aromatic heterocycles. The van der Waals surface area contributed by atoms with E-state index in [1.54, 1.807) is 13.8 Å². The zero-order valence-electron chi connectivity index (χ0n) is 17.8. The van der Waals surface area contributed by atoms with Gasteiger partial charge in [0, 0.05) is 17.0 Å². The third kappa shape index (κ3) is 3.65. The molecule has 0 aliphatic heterocycles. The number of pyridine rings is 1. The normalized spacial score (nSPS) is 14.0. The minimum Gasteiger partial charge on any atom is -0.269 e. The lowest BCUT2D eigenvalue weighted by Gasteiger charge is -2.09. The highest BCUT2D eigenvalue weighted by atomic mass is 32.1. The Morgan fingerprint density at radius 1 is 0.971 bits per heavy atom. The minimum atomic E-state index is -4.58. The van der Waals surface area contributed by atoms with Gasteiger partial charge in [-0.1, -0.05) is 6.92 Å². The molecule has 34 heavy (non-hydrogen) atoms. The van der Waals surface area contributed by atoms with Gasteiger partial charge in [0.05, 0.1) is 12.1 Å². The summed E-state index contributed by atoms with van der Waals surface area (Å²) in [7, 11) is 0. The number of alkyl halides is 6. The van der Waals surface area contributed by atoms with Gasteiger partial charge in [-0.3, -0.25) is 4.68 Å². The van der Waals surface area contributed by atoms with Crippen molar-refractivity contribution in [3.63, 3.8) is 0 Å². The molecule has 5 aromatic rings. The molecule has 1 atom stereocenters. The Morgan fingerprint density at radius 2 is 1.68 bits per heavy atom. The van der Waals surface area contributed by atoms with Crippen LogP contribution in [0.25, 0.3) is 26.1 Å². The lowest BCUT2D eigenvalue weighted by atomic mass is 10.1. The predicted octanol–water partition coefficient (Wildman–Crippen LogP) is 5.54. The van der Waals surface area contributed by atoms with E-state index >= 15 is 0 Å². The number of hydrogen-bond donors (Lipinski definition) is 0. The molecule has 5 heterocycles. The van der Waals surface area contributed by atoms with Crippen LogP contribution in [-0.4, -0.2) is 34.3 Å². The van der Waals surface area contributed by atoms with Crippen LogP contribution >= 0.6 is 11.3 Å². The SMILES string of the molecule is Cc1cc(C(F)(F)F)nc2sc3c(ncn4nc(C(C)Cn5nc(C(F)(F)F)cc5C)nc34)c12. The Hall–Kier alpha value is -3.29. The van der Waals surface area contributed by atoms with Crippen LogP contribution in [-0.2, 0) is 18.9 Å². The Kier molecular flexibility index (Phi) is 4.87. The van der Waals surface area contributed by atoms with Crippen LogP contribution in [0.1, 0.15) is 41.3 Å². The van der Waals surface area contributed by atoms with Gasteiger partial charge in [0.25, 0.3) is 0 Å². The van der Waals surface area contributed by atoms with Gasteiger partial charge in [0.15, 0.2) is 17.2 Å². The smallest absolute Gasteiger partial charge is 0.269 e. The van der Waals surface area contributed by atoms with E-state index in [9.17, 15) is 26.3 Å². The summed E-state index contributed by atoms with van der Waals surface area (Å²) in [6.45, 7) is 4.95. The Bertz CT molecular complexity index is 1560. The second-order valence-corrected chi connectivity index (χ2v) is 9.02. The fourth-order valence-corrected chi connectivity index (χ4v) is 4.93. The molecule has 0 N–H and O–H groups in total. The molecule has 0 amide bonds. The minimum absolute atomic E-state index is 0.109. The highest BCUT2D eigenvalue weighted by Crippen LogP contribution is 2.38. The molecule has 14 heteroatoms. The molecule has 0 aliphatic rings. The third-order valence-corrected chi connectivity index (χ3v) is 6.50. The van der Waals surface area contributed by atoms with Crippen LogP contribution in [0.4, 0.5) is 26.3 Å². The van der Waals surface area contributed by atoms with E-state index in [0.717, 1.165) is 23.5 Å². The van der Waals surface area contributed by atoms with E-state index in [0.29, 0.717) is 38.3 Å². The molecule has 0 fully saturated rings. The van der Waals surface area contributed by atoms with E-state index in [-0.39, 0.29) is 11.4 Å². The van der Waals surface area contributed by atoms with Crippen molar-refractivity contribution in [1.82, 2.24) is 34.3 Å².